The standard InChI is InChI=1S/C19H20F2N4O3/c1-9-15-13(24-25-18(22)27)7-19(2,3)8-14(15)28-16(9)17(26)23-12-5-4-10(20)6-11(12)21/h4-6H,7-8H2,1-3H3,(H,23,26)(H3,22,25,27)/b24-13-. The summed E-state index contributed by atoms with van der Waals surface area (Å²) in [7, 11) is 0. The van der Waals surface area contributed by atoms with Crippen LogP contribution in [0.1, 0.15) is 47.7 Å². The molecule has 0 fully saturated rings. The van der Waals surface area contributed by atoms with Crippen LogP contribution in [0.4, 0.5) is 19.3 Å². The predicted molar refractivity (Wildman–Crippen MR) is 99.1 cm³/mol. The summed E-state index contributed by atoms with van der Waals surface area (Å²) >= 11 is 0. The van der Waals surface area contributed by atoms with Gasteiger partial charge in [0.1, 0.15) is 17.4 Å². The summed E-state index contributed by atoms with van der Waals surface area (Å²) < 4.78 is 32.7. The Bertz CT molecular complexity index is 995. The molecule has 1 heterocycles. The third-order valence-electron chi connectivity index (χ3n) is 4.48. The molecule has 0 bridgehead atoms. The highest BCUT2D eigenvalue weighted by molar-refractivity contribution is 6.09. The predicted octanol–water partition coefficient (Wildman–Crippen LogP) is 3.46. The zero-order valence-electron chi connectivity index (χ0n) is 15.7. The second kappa shape index (κ2) is 7.06. The number of carbonyl (C=O) groups excluding carboxylic acids is 2. The highest BCUT2D eigenvalue weighted by atomic mass is 19.1. The molecule has 3 amide bonds. The molecule has 0 radical (unpaired) electrons. The lowest BCUT2D eigenvalue weighted by Gasteiger charge is -2.29. The van der Waals surface area contributed by atoms with E-state index in [1.807, 2.05) is 13.8 Å². The van der Waals surface area contributed by atoms with Crippen LogP contribution in [0.3, 0.4) is 0 Å². The van der Waals surface area contributed by atoms with Gasteiger partial charge in [0.15, 0.2) is 5.76 Å². The molecule has 28 heavy (non-hydrogen) atoms. The van der Waals surface area contributed by atoms with Crippen molar-refractivity contribution in [2.45, 2.75) is 33.6 Å². The molecule has 1 aliphatic rings. The Hall–Kier alpha value is -3.23. The van der Waals surface area contributed by atoms with Crippen molar-refractivity contribution >= 4 is 23.3 Å². The largest absolute Gasteiger partial charge is 0.455 e. The van der Waals surface area contributed by atoms with E-state index in [4.69, 9.17) is 10.2 Å². The van der Waals surface area contributed by atoms with E-state index in [1.165, 1.54) is 0 Å². The molecule has 3 rings (SSSR count). The third-order valence-corrected chi connectivity index (χ3v) is 4.48. The number of hydrazone groups is 1. The molecule has 0 unspecified atom stereocenters. The average Bonchev–Trinajstić information content (AvgIpc) is 2.90. The molecule has 1 aromatic carbocycles. The van der Waals surface area contributed by atoms with Crippen LogP contribution in [0.5, 0.6) is 0 Å². The highest BCUT2D eigenvalue weighted by Crippen LogP contribution is 2.39. The maximum Gasteiger partial charge on any atom is 0.332 e. The van der Waals surface area contributed by atoms with Gasteiger partial charge in [0, 0.05) is 23.6 Å². The number of furan rings is 1. The van der Waals surface area contributed by atoms with Crippen LogP contribution >= 0.6 is 0 Å². The van der Waals surface area contributed by atoms with Crippen LogP contribution in [-0.2, 0) is 6.42 Å². The van der Waals surface area contributed by atoms with Crippen molar-refractivity contribution in [3.05, 3.63) is 52.5 Å². The normalized spacial score (nSPS) is 16.5. The number of halogens is 2. The van der Waals surface area contributed by atoms with E-state index in [2.05, 4.69) is 15.8 Å². The average molecular weight is 390 g/mol. The number of nitrogens with zero attached hydrogens (tertiary/aromatic N) is 1. The van der Waals surface area contributed by atoms with Gasteiger partial charge in [-0.25, -0.2) is 19.0 Å². The van der Waals surface area contributed by atoms with E-state index in [0.29, 0.717) is 41.5 Å². The van der Waals surface area contributed by atoms with Crippen LogP contribution in [-0.4, -0.2) is 17.6 Å². The molecule has 9 heteroatoms. The Morgan fingerprint density at radius 1 is 1.25 bits per heavy atom. The minimum Gasteiger partial charge on any atom is -0.455 e. The number of carbonyl (C=O) groups is 2. The first-order valence-electron chi connectivity index (χ1n) is 8.58. The molecule has 0 spiro atoms. The van der Waals surface area contributed by atoms with Gasteiger partial charge in [0.2, 0.25) is 0 Å². The van der Waals surface area contributed by atoms with Gasteiger partial charge in [-0.2, -0.15) is 5.10 Å². The fourth-order valence-corrected chi connectivity index (χ4v) is 3.32. The second-order valence-corrected chi connectivity index (χ2v) is 7.48. The number of nitrogens with one attached hydrogen (secondary N) is 2. The maximum absolute atomic E-state index is 13.8. The fourth-order valence-electron chi connectivity index (χ4n) is 3.32. The van der Waals surface area contributed by atoms with Gasteiger partial charge in [-0.1, -0.05) is 13.8 Å². The van der Waals surface area contributed by atoms with Crippen LogP contribution < -0.4 is 16.5 Å². The van der Waals surface area contributed by atoms with E-state index in [-0.39, 0.29) is 16.9 Å². The molecular formula is C19H20F2N4O3. The fraction of sp³-hybridized carbons (Fsp3) is 0.316. The minimum atomic E-state index is -0.892. The summed E-state index contributed by atoms with van der Waals surface area (Å²) in [5.74, 6) is -1.76. The van der Waals surface area contributed by atoms with Crippen molar-refractivity contribution in [3.8, 4) is 0 Å². The van der Waals surface area contributed by atoms with Crippen LogP contribution in [0, 0.1) is 24.0 Å². The number of amides is 3. The lowest BCUT2D eigenvalue weighted by molar-refractivity contribution is 0.0992. The number of primary amides is 1. The van der Waals surface area contributed by atoms with E-state index in [9.17, 15) is 18.4 Å². The maximum atomic E-state index is 13.8. The topological polar surface area (TPSA) is 110 Å². The van der Waals surface area contributed by atoms with Gasteiger partial charge >= 0.3 is 6.03 Å². The second-order valence-electron chi connectivity index (χ2n) is 7.48. The quantitative estimate of drug-likeness (QED) is 0.698. The molecule has 0 saturated heterocycles. The van der Waals surface area contributed by atoms with Crippen LogP contribution in [0.15, 0.2) is 27.7 Å². The zero-order chi connectivity index (χ0) is 20.6. The lowest BCUT2D eigenvalue weighted by Crippen LogP contribution is -2.31. The Morgan fingerprint density at radius 3 is 2.61 bits per heavy atom. The zero-order valence-corrected chi connectivity index (χ0v) is 15.7. The molecule has 148 valence electrons. The molecule has 0 atom stereocenters. The van der Waals surface area contributed by atoms with Crippen molar-refractivity contribution in [2.75, 3.05) is 5.32 Å². The SMILES string of the molecule is Cc1c(C(=O)Nc2ccc(F)cc2F)oc2c1/C(=N\NC(N)=O)CC(C)(C)C2. The van der Waals surface area contributed by atoms with Crippen molar-refractivity contribution < 1.29 is 22.8 Å². The summed E-state index contributed by atoms with van der Waals surface area (Å²) in [6.45, 7) is 5.68. The summed E-state index contributed by atoms with van der Waals surface area (Å²) in [6.07, 6.45) is 1.09. The number of urea groups is 1. The number of nitrogens with two attached hydrogens (primary N) is 1. The van der Waals surface area contributed by atoms with Gasteiger partial charge in [-0.05, 0) is 30.9 Å². The molecule has 1 aliphatic carbocycles. The molecule has 1 aromatic heterocycles. The molecule has 0 aliphatic heterocycles. The number of rotatable bonds is 3. The Labute approximate surface area is 160 Å². The first-order valence-corrected chi connectivity index (χ1v) is 8.58. The van der Waals surface area contributed by atoms with Gasteiger partial charge in [0.05, 0.1) is 11.4 Å². The monoisotopic (exact) mass is 390 g/mol. The summed E-state index contributed by atoms with van der Waals surface area (Å²) in [5.41, 5.74) is 8.60. The van der Waals surface area contributed by atoms with Crippen molar-refractivity contribution in [3.63, 3.8) is 0 Å². The number of hydrogen-bond donors (Lipinski definition) is 3. The van der Waals surface area contributed by atoms with Gasteiger partial charge in [-0.3, -0.25) is 4.79 Å². The lowest BCUT2D eigenvalue weighted by atomic mass is 9.75. The Kier molecular flexibility index (Phi) is 4.93. The van der Waals surface area contributed by atoms with E-state index in [1.54, 1.807) is 6.92 Å². The molecule has 2 aromatic rings. The summed E-state index contributed by atoms with van der Waals surface area (Å²) in [5, 5.41) is 6.45. The number of fused-ring (bicyclic) bond motifs is 1. The minimum absolute atomic E-state index is 0.00167. The number of benzene rings is 1. The van der Waals surface area contributed by atoms with E-state index < -0.39 is 23.6 Å². The first kappa shape index (κ1) is 19.5. The number of hydrogen-bond acceptors (Lipinski definition) is 4. The molecular weight excluding hydrogens is 370 g/mol. The molecule has 7 nitrogen and oxygen atoms in total. The molecule has 4 N–H and O–H groups in total. The van der Waals surface area contributed by atoms with Gasteiger partial charge in [0.25, 0.3) is 5.91 Å². The van der Waals surface area contributed by atoms with E-state index in [0.717, 1.165) is 12.1 Å². The first-order chi connectivity index (χ1) is 13.1. The van der Waals surface area contributed by atoms with E-state index >= 15 is 0 Å². The van der Waals surface area contributed by atoms with Gasteiger partial charge < -0.3 is 15.5 Å². The Morgan fingerprint density at radius 2 is 1.96 bits per heavy atom. The van der Waals surface area contributed by atoms with Gasteiger partial charge in [-0.15, -0.1) is 0 Å². The smallest absolute Gasteiger partial charge is 0.332 e. The van der Waals surface area contributed by atoms with Crippen molar-refractivity contribution in [1.82, 2.24) is 5.43 Å². The Balaban J connectivity index is 1.97. The van der Waals surface area contributed by atoms with Crippen molar-refractivity contribution in [2.24, 2.45) is 16.3 Å². The van der Waals surface area contributed by atoms with Crippen molar-refractivity contribution in [1.29, 1.82) is 0 Å². The number of anilines is 1. The summed E-state index contributed by atoms with van der Waals surface area (Å²) in [4.78, 5) is 23.7. The molecule has 0 saturated carbocycles. The summed E-state index contributed by atoms with van der Waals surface area (Å²) in [6, 6.07) is 2.05. The van der Waals surface area contributed by atoms with Crippen LogP contribution in [0.2, 0.25) is 0 Å². The highest BCUT2D eigenvalue weighted by Gasteiger charge is 2.36. The third kappa shape index (κ3) is 3.88. The van der Waals surface area contributed by atoms with Crippen LogP contribution in [0.25, 0.3) is 0 Å².